The van der Waals surface area contributed by atoms with Crippen molar-refractivity contribution in [1.82, 2.24) is 5.43 Å². The maximum atomic E-state index is 12.9. The van der Waals surface area contributed by atoms with Gasteiger partial charge in [0.2, 0.25) is 0 Å². The number of hydrogen-bond donors (Lipinski definition) is 2. The summed E-state index contributed by atoms with van der Waals surface area (Å²) < 4.78 is 23.1. The van der Waals surface area contributed by atoms with Crippen molar-refractivity contribution in [2.45, 2.75) is 0 Å². The highest BCUT2D eigenvalue weighted by Gasteiger charge is 2.03. The quantitative estimate of drug-likeness (QED) is 0.631. The van der Waals surface area contributed by atoms with E-state index in [0.29, 0.717) is 11.3 Å². The zero-order chi connectivity index (χ0) is 16.7. The molecule has 6 nitrogen and oxygen atoms in total. The number of aromatic hydroxyl groups is 1. The lowest BCUT2D eigenvalue weighted by Crippen LogP contribution is -2.24. The molecule has 7 heteroatoms. The number of phenolic OH excluding ortho intramolecular Hbond substituents is 1. The second kappa shape index (κ2) is 7.79. The molecule has 120 valence electrons. The van der Waals surface area contributed by atoms with Gasteiger partial charge < -0.3 is 14.6 Å². The number of hydrazone groups is 1. The summed E-state index contributed by atoms with van der Waals surface area (Å²) >= 11 is 0. The highest BCUT2D eigenvalue weighted by Crippen LogP contribution is 2.20. The Morgan fingerprint density at radius 3 is 2.87 bits per heavy atom. The van der Waals surface area contributed by atoms with Crippen LogP contribution >= 0.6 is 0 Å². The molecule has 0 aliphatic carbocycles. The normalized spacial score (nSPS) is 10.5. The molecule has 0 aromatic heterocycles. The van der Waals surface area contributed by atoms with Crippen molar-refractivity contribution in [2.75, 3.05) is 13.7 Å². The Balaban J connectivity index is 1.86. The molecule has 2 N–H and O–H groups in total. The van der Waals surface area contributed by atoms with Crippen LogP contribution in [0.5, 0.6) is 17.2 Å². The summed E-state index contributed by atoms with van der Waals surface area (Å²) in [6.07, 6.45) is 1.28. The third-order valence-corrected chi connectivity index (χ3v) is 2.79. The summed E-state index contributed by atoms with van der Waals surface area (Å²) in [5, 5.41) is 13.4. The van der Waals surface area contributed by atoms with E-state index in [4.69, 9.17) is 9.47 Å². The molecule has 0 fully saturated rings. The van der Waals surface area contributed by atoms with E-state index >= 15 is 0 Å². The number of phenols is 1. The lowest BCUT2D eigenvalue weighted by Gasteiger charge is -2.05. The molecule has 0 saturated carbocycles. The number of carbonyl (C=O) groups is 1. The van der Waals surface area contributed by atoms with Crippen LogP contribution in [0.15, 0.2) is 47.6 Å². The number of hydrogen-bond acceptors (Lipinski definition) is 5. The second-order valence-corrected chi connectivity index (χ2v) is 4.46. The van der Waals surface area contributed by atoms with Gasteiger partial charge in [0.25, 0.3) is 5.91 Å². The van der Waals surface area contributed by atoms with Gasteiger partial charge in [0, 0.05) is 11.6 Å². The second-order valence-electron chi connectivity index (χ2n) is 4.46. The third kappa shape index (κ3) is 4.99. The molecule has 0 heterocycles. The third-order valence-electron chi connectivity index (χ3n) is 2.79. The van der Waals surface area contributed by atoms with Gasteiger partial charge in [-0.15, -0.1) is 0 Å². The first-order valence-electron chi connectivity index (χ1n) is 6.66. The summed E-state index contributed by atoms with van der Waals surface area (Å²) in [7, 11) is 1.50. The van der Waals surface area contributed by atoms with Crippen LogP contribution in [0.3, 0.4) is 0 Å². The van der Waals surface area contributed by atoms with Crippen LogP contribution < -0.4 is 14.9 Å². The molecule has 23 heavy (non-hydrogen) atoms. The molecular weight excluding hydrogens is 303 g/mol. The number of nitrogens with one attached hydrogen (secondary N) is 1. The number of amides is 1. The Morgan fingerprint density at radius 1 is 1.30 bits per heavy atom. The molecular formula is C16H15FN2O4. The van der Waals surface area contributed by atoms with Gasteiger partial charge in [-0.25, -0.2) is 9.82 Å². The molecule has 0 aliphatic heterocycles. The van der Waals surface area contributed by atoms with Crippen LogP contribution in [-0.2, 0) is 4.79 Å². The highest BCUT2D eigenvalue weighted by molar-refractivity contribution is 5.85. The first kappa shape index (κ1) is 16.3. The predicted octanol–water partition coefficient (Wildman–Crippen LogP) is 2.07. The molecule has 2 aromatic rings. The maximum absolute atomic E-state index is 12.9. The van der Waals surface area contributed by atoms with Crippen LogP contribution in [0, 0.1) is 5.82 Å². The van der Waals surface area contributed by atoms with Crippen molar-refractivity contribution < 1.29 is 23.8 Å². The minimum atomic E-state index is -0.520. The molecule has 2 rings (SSSR count). The van der Waals surface area contributed by atoms with E-state index in [-0.39, 0.29) is 18.1 Å². The lowest BCUT2D eigenvalue weighted by molar-refractivity contribution is -0.123. The van der Waals surface area contributed by atoms with Crippen LogP contribution in [0.4, 0.5) is 4.39 Å². The van der Waals surface area contributed by atoms with E-state index in [1.165, 1.54) is 43.7 Å². The summed E-state index contributed by atoms with van der Waals surface area (Å²) in [6, 6.07) is 10.1. The first-order valence-corrected chi connectivity index (χ1v) is 6.66. The Bertz CT molecular complexity index is 719. The zero-order valence-electron chi connectivity index (χ0n) is 12.3. The number of ether oxygens (including phenoxy) is 2. The van der Waals surface area contributed by atoms with Crippen LogP contribution in [0.2, 0.25) is 0 Å². The lowest BCUT2D eigenvalue weighted by atomic mass is 10.2. The molecule has 0 radical (unpaired) electrons. The number of methoxy groups -OCH3 is 1. The van der Waals surface area contributed by atoms with Crippen molar-refractivity contribution in [3.05, 3.63) is 53.8 Å². The van der Waals surface area contributed by atoms with Gasteiger partial charge in [-0.3, -0.25) is 4.79 Å². The fourth-order valence-electron chi connectivity index (χ4n) is 1.67. The van der Waals surface area contributed by atoms with E-state index in [2.05, 4.69) is 10.5 Å². The number of benzene rings is 2. The molecule has 0 spiro atoms. The first-order chi connectivity index (χ1) is 11.1. The molecule has 0 unspecified atom stereocenters. The van der Waals surface area contributed by atoms with Crippen LogP contribution in [0.25, 0.3) is 0 Å². The van der Waals surface area contributed by atoms with Gasteiger partial charge in [0.05, 0.1) is 13.3 Å². The van der Waals surface area contributed by atoms with Gasteiger partial charge in [0.1, 0.15) is 23.1 Å². The summed E-state index contributed by atoms with van der Waals surface area (Å²) in [6.45, 7) is -0.315. The minimum absolute atomic E-state index is 0.000176. The number of rotatable bonds is 6. The van der Waals surface area contributed by atoms with E-state index in [1.807, 2.05) is 0 Å². The van der Waals surface area contributed by atoms with E-state index < -0.39 is 11.7 Å². The number of nitrogens with zero attached hydrogens (tertiary/aromatic N) is 1. The average molecular weight is 318 g/mol. The van der Waals surface area contributed by atoms with Crippen molar-refractivity contribution in [2.24, 2.45) is 5.10 Å². The number of carbonyl (C=O) groups excluding carboxylic acids is 1. The highest BCUT2D eigenvalue weighted by atomic mass is 19.1. The number of halogens is 1. The van der Waals surface area contributed by atoms with E-state index in [9.17, 15) is 14.3 Å². The largest absolute Gasteiger partial charge is 0.507 e. The Labute approximate surface area is 132 Å². The minimum Gasteiger partial charge on any atom is -0.507 e. The van der Waals surface area contributed by atoms with Gasteiger partial charge in [-0.05, 0) is 30.3 Å². The van der Waals surface area contributed by atoms with Crippen molar-refractivity contribution in [3.63, 3.8) is 0 Å². The van der Waals surface area contributed by atoms with Gasteiger partial charge in [-0.1, -0.05) is 6.07 Å². The molecule has 2 aromatic carbocycles. The molecule has 0 bridgehead atoms. The van der Waals surface area contributed by atoms with Crippen LogP contribution in [-0.4, -0.2) is 30.9 Å². The monoisotopic (exact) mass is 318 g/mol. The predicted molar refractivity (Wildman–Crippen MR) is 82.3 cm³/mol. The summed E-state index contributed by atoms with van der Waals surface area (Å²) in [4.78, 5) is 11.6. The zero-order valence-corrected chi connectivity index (χ0v) is 12.3. The van der Waals surface area contributed by atoms with Crippen molar-refractivity contribution >= 4 is 12.1 Å². The maximum Gasteiger partial charge on any atom is 0.277 e. The smallest absolute Gasteiger partial charge is 0.277 e. The van der Waals surface area contributed by atoms with Gasteiger partial charge >= 0.3 is 0 Å². The topological polar surface area (TPSA) is 80.2 Å². The molecule has 1 amide bonds. The molecule has 0 saturated heterocycles. The Kier molecular flexibility index (Phi) is 5.51. The Morgan fingerprint density at radius 2 is 2.13 bits per heavy atom. The average Bonchev–Trinajstić information content (AvgIpc) is 2.55. The SMILES string of the molecule is COc1ccc(O)c(/C=N/NC(=O)COc2cccc(F)c2)c1. The molecule has 0 atom stereocenters. The summed E-state index contributed by atoms with van der Waals surface area (Å²) in [5.74, 6) is -0.179. The fourth-order valence-corrected chi connectivity index (χ4v) is 1.67. The van der Waals surface area contributed by atoms with Gasteiger partial charge in [0.15, 0.2) is 6.61 Å². The van der Waals surface area contributed by atoms with Gasteiger partial charge in [-0.2, -0.15) is 5.10 Å². The van der Waals surface area contributed by atoms with Crippen molar-refractivity contribution in [3.8, 4) is 17.2 Å². The summed E-state index contributed by atoms with van der Waals surface area (Å²) in [5.41, 5.74) is 2.63. The standard InChI is InChI=1S/C16H15FN2O4/c1-22-13-5-6-15(20)11(7-13)9-18-19-16(21)10-23-14-4-2-3-12(17)8-14/h2-9,20H,10H2,1H3,(H,19,21)/b18-9+. The Hall–Kier alpha value is -3.09. The fraction of sp³-hybridized carbons (Fsp3) is 0.125. The molecule has 0 aliphatic rings. The van der Waals surface area contributed by atoms with E-state index in [1.54, 1.807) is 12.1 Å². The van der Waals surface area contributed by atoms with Crippen LogP contribution in [0.1, 0.15) is 5.56 Å². The van der Waals surface area contributed by atoms with Crippen molar-refractivity contribution in [1.29, 1.82) is 0 Å². The van der Waals surface area contributed by atoms with E-state index in [0.717, 1.165) is 0 Å².